The average Bonchev–Trinajstić information content (AvgIpc) is 3.24. The second kappa shape index (κ2) is 9.00. The van der Waals surface area contributed by atoms with Gasteiger partial charge in [-0.1, -0.05) is 71.1 Å². The topological polar surface area (TPSA) is 12.0 Å². The molecule has 2 saturated carbocycles. The van der Waals surface area contributed by atoms with Crippen molar-refractivity contribution in [2.24, 2.45) is 11.8 Å². The van der Waals surface area contributed by atoms with Crippen LogP contribution in [0.3, 0.4) is 0 Å². The van der Waals surface area contributed by atoms with Gasteiger partial charge < -0.3 is 5.32 Å². The van der Waals surface area contributed by atoms with Crippen LogP contribution in [0.4, 0.5) is 0 Å². The molecule has 0 spiro atoms. The van der Waals surface area contributed by atoms with E-state index in [1.54, 1.807) is 0 Å². The van der Waals surface area contributed by atoms with Gasteiger partial charge in [0.15, 0.2) is 0 Å². The van der Waals surface area contributed by atoms with Gasteiger partial charge in [-0.2, -0.15) is 0 Å². The van der Waals surface area contributed by atoms with Gasteiger partial charge >= 0.3 is 0 Å². The molecule has 0 heterocycles. The van der Waals surface area contributed by atoms with Crippen molar-refractivity contribution in [2.75, 3.05) is 6.54 Å². The predicted molar refractivity (Wildman–Crippen MR) is 84.5 cm³/mol. The van der Waals surface area contributed by atoms with Gasteiger partial charge in [-0.15, -0.1) is 0 Å². The smallest absolute Gasteiger partial charge is 0.00683 e. The molecule has 2 atom stereocenters. The van der Waals surface area contributed by atoms with E-state index in [0.29, 0.717) is 0 Å². The Hall–Kier alpha value is -0.0400. The lowest BCUT2D eigenvalue weighted by molar-refractivity contribution is 0.275. The molecule has 19 heavy (non-hydrogen) atoms. The van der Waals surface area contributed by atoms with Gasteiger partial charge in [0.2, 0.25) is 0 Å². The minimum absolute atomic E-state index is 0.897. The average molecular weight is 265 g/mol. The van der Waals surface area contributed by atoms with Crippen molar-refractivity contribution in [3.05, 3.63) is 0 Å². The van der Waals surface area contributed by atoms with Crippen LogP contribution in [-0.4, -0.2) is 12.6 Å². The van der Waals surface area contributed by atoms with Crippen LogP contribution in [0.1, 0.15) is 90.4 Å². The predicted octanol–water partition coefficient (Wildman–Crippen LogP) is 5.30. The third-order valence-electron chi connectivity index (χ3n) is 5.24. The summed E-state index contributed by atoms with van der Waals surface area (Å²) in [4.78, 5) is 0. The molecule has 2 rings (SSSR count). The van der Waals surface area contributed by atoms with Gasteiger partial charge in [0.1, 0.15) is 0 Å². The number of nitrogens with one attached hydrogen (secondary N) is 1. The number of hydrogen-bond acceptors (Lipinski definition) is 1. The van der Waals surface area contributed by atoms with Crippen molar-refractivity contribution in [3.8, 4) is 0 Å². The van der Waals surface area contributed by atoms with Gasteiger partial charge in [0, 0.05) is 6.04 Å². The molecule has 0 radical (unpaired) electrons. The van der Waals surface area contributed by atoms with Crippen molar-refractivity contribution in [1.29, 1.82) is 0 Å². The van der Waals surface area contributed by atoms with Crippen molar-refractivity contribution >= 4 is 0 Å². The van der Waals surface area contributed by atoms with Crippen LogP contribution in [-0.2, 0) is 0 Å². The third-order valence-corrected chi connectivity index (χ3v) is 5.24. The summed E-state index contributed by atoms with van der Waals surface area (Å²) in [5.41, 5.74) is 0. The van der Waals surface area contributed by atoms with Crippen LogP contribution in [0.5, 0.6) is 0 Å². The van der Waals surface area contributed by atoms with Crippen molar-refractivity contribution in [1.82, 2.24) is 5.32 Å². The second-order valence-electron chi connectivity index (χ2n) is 7.04. The summed E-state index contributed by atoms with van der Waals surface area (Å²) in [5.74, 6) is 2.03. The molecule has 1 nitrogen and oxygen atoms in total. The summed E-state index contributed by atoms with van der Waals surface area (Å²) >= 11 is 0. The number of rotatable bonds is 9. The Morgan fingerprint density at radius 1 is 0.789 bits per heavy atom. The molecule has 0 bridgehead atoms. The van der Waals surface area contributed by atoms with Gasteiger partial charge in [-0.05, 0) is 37.6 Å². The van der Waals surface area contributed by atoms with Crippen molar-refractivity contribution in [2.45, 2.75) is 96.4 Å². The normalized spacial score (nSPS) is 28.3. The van der Waals surface area contributed by atoms with Gasteiger partial charge in [0.25, 0.3) is 0 Å². The molecule has 1 heteroatoms. The fourth-order valence-corrected chi connectivity index (χ4v) is 3.73. The molecule has 2 fully saturated rings. The molecule has 0 aromatic heterocycles. The second-order valence-corrected chi connectivity index (χ2v) is 7.04. The first-order valence-electron chi connectivity index (χ1n) is 9.13. The first kappa shape index (κ1) is 15.4. The molecule has 0 aliphatic heterocycles. The van der Waals surface area contributed by atoms with E-state index in [2.05, 4.69) is 12.2 Å². The van der Waals surface area contributed by atoms with Crippen LogP contribution in [0.25, 0.3) is 0 Å². The van der Waals surface area contributed by atoms with Crippen LogP contribution in [0.2, 0.25) is 0 Å². The van der Waals surface area contributed by atoms with E-state index >= 15 is 0 Å². The van der Waals surface area contributed by atoms with Crippen LogP contribution in [0.15, 0.2) is 0 Å². The molecule has 0 saturated heterocycles. The molecule has 0 aromatic rings. The van der Waals surface area contributed by atoms with E-state index in [-0.39, 0.29) is 0 Å². The zero-order chi connectivity index (χ0) is 13.3. The molecule has 1 N–H and O–H groups in total. The largest absolute Gasteiger partial charge is 0.314 e. The van der Waals surface area contributed by atoms with E-state index in [9.17, 15) is 0 Å². The zero-order valence-corrected chi connectivity index (χ0v) is 13.1. The van der Waals surface area contributed by atoms with E-state index < -0.39 is 0 Å². The van der Waals surface area contributed by atoms with Crippen LogP contribution < -0.4 is 5.32 Å². The molecular formula is C18H35N. The molecule has 2 aliphatic carbocycles. The molecule has 0 amide bonds. The van der Waals surface area contributed by atoms with E-state index in [1.807, 2.05) is 0 Å². The van der Waals surface area contributed by atoms with Gasteiger partial charge in [-0.25, -0.2) is 0 Å². The lowest BCUT2D eigenvalue weighted by atomic mass is 9.84. The summed E-state index contributed by atoms with van der Waals surface area (Å²) in [6, 6.07) is 0.897. The van der Waals surface area contributed by atoms with E-state index in [1.165, 1.54) is 90.0 Å². The Morgan fingerprint density at radius 3 is 2.26 bits per heavy atom. The lowest BCUT2D eigenvalue weighted by Gasteiger charge is -2.25. The minimum atomic E-state index is 0.897. The summed E-state index contributed by atoms with van der Waals surface area (Å²) < 4.78 is 0. The standard InChI is InChI=1S/C18H35N/c1-2-3-4-5-7-10-16-11-8-6-9-12-17(16)15-19-18-13-14-18/h16-19H,2-15H2,1H3. The first-order chi connectivity index (χ1) is 9.40. The highest BCUT2D eigenvalue weighted by Gasteiger charge is 2.26. The van der Waals surface area contributed by atoms with Gasteiger partial charge in [-0.3, -0.25) is 0 Å². The molecule has 112 valence electrons. The fraction of sp³-hybridized carbons (Fsp3) is 1.00. The molecule has 2 aliphatic rings. The quantitative estimate of drug-likeness (QED) is 0.441. The molecule has 2 unspecified atom stereocenters. The Kier molecular flexibility index (Phi) is 7.27. The summed E-state index contributed by atoms with van der Waals surface area (Å²) in [6.45, 7) is 3.63. The summed E-state index contributed by atoms with van der Waals surface area (Å²) in [6.07, 6.45) is 19.1. The maximum Gasteiger partial charge on any atom is 0.00683 e. The van der Waals surface area contributed by atoms with Crippen LogP contribution in [0, 0.1) is 11.8 Å². The highest BCUT2D eigenvalue weighted by Crippen LogP contribution is 2.33. The Balaban J connectivity index is 1.65. The fourth-order valence-electron chi connectivity index (χ4n) is 3.73. The molecule has 0 aromatic carbocycles. The van der Waals surface area contributed by atoms with Gasteiger partial charge in [0.05, 0.1) is 0 Å². The highest BCUT2D eigenvalue weighted by atomic mass is 14.9. The summed E-state index contributed by atoms with van der Waals surface area (Å²) in [5, 5.41) is 3.79. The van der Waals surface area contributed by atoms with Crippen molar-refractivity contribution in [3.63, 3.8) is 0 Å². The Bertz CT molecular complexity index is 222. The number of hydrogen-bond donors (Lipinski definition) is 1. The monoisotopic (exact) mass is 265 g/mol. The SMILES string of the molecule is CCCCCCCC1CCCCCC1CNC1CC1. The zero-order valence-electron chi connectivity index (χ0n) is 13.1. The molecular weight excluding hydrogens is 230 g/mol. The highest BCUT2D eigenvalue weighted by molar-refractivity contribution is 4.84. The van der Waals surface area contributed by atoms with Crippen LogP contribution >= 0.6 is 0 Å². The Labute approximate surface area is 120 Å². The maximum atomic E-state index is 3.79. The summed E-state index contributed by atoms with van der Waals surface area (Å²) in [7, 11) is 0. The number of unbranched alkanes of at least 4 members (excludes halogenated alkanes) is 4. The van der Waals surface area contributed by atoms with E-state index in [4.69, 9.17) is 0 Å². The van der Waals surface area contributed by atoms with Crippen molar-refractivity contribution < 1.29 is 0 Å². The first-order valence-corrected chi connectivity index (χ1v) is 9.13. The lowest BCUT2D eigenvalue weighted by Crippen LogP contribution is -2.29. The van der Waals surface area contributed by atoms with E-state index in [0.717, 1.165) is 17.9 Å². The maximum absolute atomic E-state index is 3.79. The minimum Gasteiger partial charge on any atom is -0.314 e. The Morgan fingerprint density at radius 2 is 1.53 bits per heavy atom. The third kappa shape index (κ3) is 6.29.